The van der Waals surface area contributed by atoms with Crippen LogP contribution in [0.2, 0.25) is 0 Å². The van der Waals surface area contributed by atoms with E-state index >= 15 is 0 Å². The molecule has 0 bridgehead atoms. The smallest absolute Gasteiger partial charge is 0.416 e. The zero-order valence-corrected chi connectivity index (χ0v) is 10.2. The summed E-state index contributed by atoms with van der Waals surface area (Å²) < 4.78 is 42.9. The number of ether oxygens (including phenoxy) is 1. The van der Waals surface area contributed by atoms with Gasteiger partial charge in [0, 0.05) is 11.6 Å². The number of rotatable bonds is 2. The molecule has 2 nitrogen and oxygen atoms in total. The third-order valence-electron chi connectivity index (χ3n) is 3.25. The molecule has 1 aliphatic heterocycles. The molecule has 1 aliphatic rings. The molecule has 1 heterocycles. The molecule has 1 aromatic rings. The van der Waals surface area contributed by atoms with Gasteiger partial charge in [-0.1, -0.05) is 12.5 Å². The van der Waals surface area contributed by atoms with E-state index < -0.39 is 11.7 Å². The summed E-state index contributed by atoms with van der Waals surface area (Å²) in [6.07, 6.45) is -1.20. The summed E-state index contributed by atoms with van der Waals surface area (Å²) in [5, 5.41) is 3.31. The Morgan fingerprint density at radius 3 is 2.61 bits per heavy atom. The van der Waals surface area contributed by atoms with Crippen molar-refractivity contribution in [1.29, 1.82) is 0 Å². The van der Waals surface area contributed by atoms with Crippen LogP contribution in [-0.2, 0) is 6.18 Å². The zero-order valence-electron chi connectivity index (χ0n) is 10.2. The van der Waals surface area contributed by atoms with Gasteiger partial charge >= 0.3 is 6.18 Å². The van der Waals surface area contributed by atoms with E-state index in [0.29, 0.717) is 5.75 Å². The number of piperidine rings is 1. The molecule has 2 rings (SSSR count). The van der Waals surface area contributed by atoms with Crippen LogP contribution in [-0.4, -0.2) is 13.7 Å². The molecule has 0 spiro atoms. The SMILES string of the molecule is COc1cc(C(F)(F)F)ccc1[C@H]1CCCCN1. The Bertz CT molecular complexity index is 411. The lowest BCUT2D eigenvalue weighted by Gasteiger charge is -2.25. The number of hydrogen-bond acceptors (Lipinski definition) is 2. The van der Waals surface area contributed by atoms with Crippen LogP contribution in [0.5, 0.6) is 5.75 Å². The van der Waals surface area contributed by atoms with Gasteiger partial charge in [-0.15, -0.1) is 0 Å². The topological polar surface area (TPSA) is 21.3 Å². The fraction of sp³-hybridized carbons (Fsp3) is 0.538. The first-order valence-corrected chi connectivity index (χ1v) is 6.01. The third-order valence-corrected chi connectivity index (χ3v) is 3.25. The predicted octanol–water partition coefficient (Wildman–Crippen LogP) is 3.53. The zero-order chi connectivity index (χ0) is 13.2. The molecule has 0 radical (unpaired) electrons. The molecule has 0 aliphatic carbocycles. The van der Waals surface area contributed by atoms with Gasteiger partial charge < -0.3 is 10.1 Å². The lowest BCUT2D eigenvalue weighted by Crippen LogP contribution is -2.27. The Morgan fingerprint density at radius 1 is 1.28 bits per heavy atom. The Labute approximate surface area is 104 Å². The normalized spacial score (nSPS) is 20.8. The minimum atomic E-state index is -4.33. The first-order chi connectivity index (χ1) is 8.52. The molecule has 1 fully saturated rings. The largest absolute Gasteiger partial charge is 0.496 e. The van der Waals surface area contributed by atoms with Gasteiger partial charge in [0.2, 0.25) is 0 Å². The minimum Gasteiger partial charge on any atom is -0.496 e. The second-order valence-corrected chi connectivity index (χ2v) is 4.46. The summed E-state index contributed by atoms with van der Waals surface area (Å²) in [5.41, 5.74) is 0.143. The maximum Gasteiger partial charge on any atom is 0.416 e. The molecule has 1 atom stereocenters. The summed E-state index contributed by atoms with van der Waals surface area (Å²) >= 11 is 0. The Balaban J connectivity index is 2.30. The highest BCUT2D eigenvalue weighted by atomic mass is 19.4. The van der Waals surface area contributed by atoms with Crippen molar-refractivity contribution in [1.82, 2.24) is 5.32 Å². The maximum atomic E-state index is 12.6. The number of hydrogen-bond donors (Lipinski definition) is 1. The van der Waals surface area contributed by atoms with E-state index in [-0.39, 0.29) is 6.04 Å². The summed E-state index contributed by atoms with van der Waals surface area (Å²) in [6.45, 7) is 0.898. The highest BCUT2D eigenvalue weighted by Gasteiger charge is 2.32. The van der Waals surface area contributed by atoms with Crippen molar-refractivity contribution >= 4 is 0 Å². The quantitative estimate of drug-likeness (QED) is 0.877. The molecule has 1 aromatic carbocycles. The number of halogens is 3. The molecular formula is C13H16F3NO. The Morgan fingerprint density at radius 2 is 2.06 bits per heavy atom. The van der Waals surface area contributed by atoms with E-state index in [1.54, 1.807) is 0 Å². The molecule has 5 heteroatoms. The lowest BCUT2D eigenvalue weighted by atomic mass is 9.95. The molecule has 0 aromatic heterocycles. The van der Waals surface area contributed by atoms with E-state index in [1.165, 1.54) is 13.2 Å². The minimum absolute atomic E-state index is 0.0935. The van der Waals surface area contributed by atoms with Gasteiger partial charge in [0.05, 0.1) is 12.7 Å². The van der Waals surface area contributed by atoms with E-state index in [0.717, 1.165) is 43.5 Å². The van der Waals surface area contributed by atoms with Crippen molar-refractivity contribution in [2.75, 3.05) is 13.7 Å². The monoisotopic (exact) mass is 259 g/mol. The van der Waals surface area contributed by atoms with Crippen molar-refractivity contribution in [3.63, 3.8) is 0 Å². The average Bonchev–Trinajstić information content (AvgIpc) is 2.38. The molecule has 0 saturated carbocycles. The van der Waals surface area contributed by atoms with Crippen molar-refractivity contribution in [2.24, 2.45) is 0 Å². The molecular weight excluding hydrogens is 243 g/mol. The maximum absolute atomic E-state index is 12.6. The second-order valence-electron chi connectivity index (χ2n) is 4.46. The Kier molecular flexibility index (Phi) is 3.80. The van der Waals surface area contributed by atoms with E-state index in [4.69, 9.17) is 4.74 Å². The van der Waals surface area contributed by atoms with Crippen molar-refractivity contribution in [2.45, 2.75) is 31.5 Å². The van der Waals surface area contributed by atoms with Crippen LogP contribution in [0.1, 0.15) is 36.4 Å². The van der Waals surface area contributed by atoms with E-state index in [2.05, 4.69) is 5.32 Å². The van der Waals surface area contributed by atoms with Crippen LogP contribution in [0, 0.1) is 0 Å². The number of nitrogens with one attached hydrogen (secondary N) is 1. The van der Waals surface area contributed by atoms with Gasteiger partial charge in [-0.2, -0.15) is 13.2 Å². The molecule has 18 heavy (non-hydrogen) atoms. The van der Waals surface area contributed by atoms with Gasteiger partial charge in [0.25, 0.3) is 0 Å². The summed E-state index contributed by atoms with van der Waals surface area (Å²) in [4.78, 5) is 0. The van der Waals surface area contributed by atoms with Crippen LogP contribution >= 0.6 is 0 Å². The number of methoxy groups -OCH3 is 1. The molecule has 1 N–H and O–H groups in total. The lowest BCUT2D eigenvalue weighted by molar-refractivity contribution is -0.137. The first-order valence-electron chi connectivity index (χ1n) is 6.01. The molecule has 1 saturated heterocycles. The molecule has 100 valence electrons. The van der Waals surface area contributed by atoms with Gasteiger partial charge in [-0.05, 0) is 31.5 Å². The highest BCUT2D eigenvalue weighted by molar-refractivity contribution is 5.40. The van der Waals surface area contributed by atoms with Gasteiger partial charge in [-0.25, -0.2) is 0 Å². The van der Waals surface area contributed by atoms with Crippen molar-refractivity contribution in [3.8, 4) is 5.75 Å². The van der Waals surface area contributed by atoms with Crippen molar-refractivity contribution in [3.05, 3.63) is 29.3 Å². The standard InChI is InChI=1S/C13H16F3NO/c1-18-12-8-9(13(14,15)16)5-6-10(12)11-4-2-3-7-17-11/h5-6,8,11,17H,2-4,7H2,1H3/t11-/m1/s1. The fourth-order valence-corrected chi connectivity index (χ4v) is 2.29. The number of benzene rings is 1. The average molecular weight is 259 g/mol. The second kappa shape index (κ2) is 5.18. The third kappa shape index (κ3) is 2.77. The predicted molar refractivity (Wildman–Crippen MR) is 62.6 cm³/mol. The van der Waals surface area contributed by atoms with Crippen LogP contribution in [0.15, 0.2) is 18.2 Å². The Hall–Kier alpha value is -1.23. The van der Waals surface area contributed by atoms with E-state index in [1.807, 2.05) is 0 Å². The molecule has 0 unspecified atom stereocenters. The van der Waals surface area contributed by atoms with Gasteiger partial charge in [0.15, 0.2) is 0 Å². The summed E-state index contributed by atoms with van der Waals surface area (Å²) in [6, 6.07) is 3.81. The van der Waals surface area contributed by atoms with E-state index in [9.17, 15) is 13.2 Å². The molecule has 0 amide bonds. The summed E-state index contributed by atoms with van der Waals surface area (Å²) in [5.74, 6) is 0.309. The first kappa shape index (κ1) is 13.2. The fourth-order valence-electron chi connectivity index (χ4n) is 2.29. The van der Waals surface area contributed by atoms with Crippen molar-refractivity contribution < 1.29 is 17.9 Å². The van der Waals surface area contributed by atoms with Crippen LogP contribution in [0.4, 0.5) is 13.2 Å². The van der Waals surface area contributed by atoms with Gasteiger partial charge in [0.1, 0.15) is 5.75 Å². The van der Waals surface area contributed by atoms with Crippen LogP contribution in [0.3, 0.4) is 0 Å². The van der Waals surface area contributed by atoms with Crippen LogP contribution < -0.4 is 10.1 Å². The highest BCUT2D eigenvalue weighted by Crippen LogP contribution is 2.36. The van der Waals surface area contributed by atoms with Gasteiger partial charge in [-0.3, -0.25) is 0 Å². The summed E-state index contributed by atoms with van der Waals surface area (Å²) in [7, 11) is 1.40. The van der Waals surface area contributed by atoms with Crippen LogP contribution in [0.25, 0.3) is 0 Å². The number of alkyl halides is 3.